The van der Waals surface area contributed by atoms with Gasteiger partial charge in [-0.25, -0.2) is 4.79 Å². The van der Waals surface area contributed by atoms with E-state index >= 15 is 0 Å². The molecule has 0 spiro atoms. The molecule has 0 aromatic carbocycles. The van der Waals surface area contributed by atoms with E-state index in [0.717, 1.165) is 4.68 Å². The van der Waals surface area contributed by atoms with Gasteiger partial charge in [-0.15, -0.1) is 0 Å². The first-order valence-corrected chi connectivity index (χ1v) is 2.72. The first-order chi connectivity index (χ1) is 5.04. The summed E-state index contributed by atoms with van der Waals surface area (Å²) in [5.74, 6) is -2.75. The molecule has 0 fully saturated rings. The van der Waals surface area contributed by atoms with E-state index in [1.54, 1.807) is 0 Å². The molecule has 0 aliphatic heterocycles. The van der Waals surface area contributed by atoms with Crippen molar-refractivity contribution in [1.82, 2.24) is 9.78 Å². The van der Waals surface area contributed by atoms with E-state index in [0.29, 0.717) is 0 Å². The Kier molecular flexibility index (Phi) is 1.52. The Morgan fingerprint density at radius 2 is 2.27 bits per heavy atom. The van der Waals surface area contributed by atoms with Gasteiger partial charge in [0.2, 0.25) is 5.82 Å². The predicted octanol–water partition coefficient (Wildman–Crippen LogP) is -0.449. The predicted molar refractivity (Wildman–Crippen MR) is 33.0 cm³/mol. The van der Waals surface area contributed by atoms with Gasteiger partial charge < -0.3 is 5.11 Å². The third kappa shape index (κ3) is 1.02. The third-order valence-electron chi connectivity index (χ3n) is 1.21. The number of hydrogen-bond acceptors (Lipinski definition) is 2. The van der Waals surface area contributed by atoms with Gasteiger partial charge in [0.1, 0.15) is 0 Å². The van der Waals surface area contributed by atoms with Crippen LogP contribution in [-0.4, -0.2) is 20.9 Å². The highest BCUT2D eigenvalue weighted by atomic mass is 19.1. The number of carboxylic acid groups (broad SMARTS) is 1. The van der Waals surface area contributed by atoms with Crippen molar-refractivity contribution in [2.45, 2.75) is 0 Å². The Balaban J connectivity index is 3.42. The second-order valence-corrected chi connectivity index (χ2v) is 1.97. The Bertz CT molecular complexity index is 351. The molecule has 0 radical (unpaired) electrons. The second-order valence-electron chi connectivity index (χ2n) is 1.97. The monoisotopic (exact) mass is 160 g/mol. The summed E-state index contributed by atoms with van der Waals surface area (Å²) in [6, 6.07) is 0. The van der Waals surface area contributed by atoms with E-state index in [4.69, 9.17) is 5.11 Å². The number of rotatable bonds is 1. The molecule has 11 heavy (non-hydrogen) atoms. The molecule has 0 saturated heterocycles. The van der Waals surface area contributed by atoms with E-state index in [9.17, 15) is 14.0 Å². The molecule has 1 aromatic rings. The lowest BCUT2D eigenvalue weighted by Crippen LogP contribution is -2.13. The zero-order valence-corrected chi connectivity index (χ0v) is 5.59. The number of aromatic nitrogens is 2. The molecule has 5 nitrogen and oxygen atoms in total. The number of halogens is 1. The van der Waals surface area contributed by atoms with E-state index in [1.807, 2.05) is 5.10 Å². The minimum absolute atomic E-state index is 0.711. The van der Waals surface area contributed by atoms with Gasteiger partial charge in [0, 0.05) is 7.05 Å². The summed E-state index contributed by atoms with van der Waals surface area (Å²) < 4.78 is 13.3. The summed E-state index contributed by atoms with van der Waals surface area (Å²) in [5, 5.41) is 10.3. The fourth-order valence-electron chi connectivity index (χ4n) is 0.663. The van der Waals surface area contributed by atoms with Crippen LogP contribution in [0.1, 0.15) is 10.5 Å². The van der Waals surface area contributed by atoms with E-state index in [-0.39, 0.29) is 0 Å². The Morgan fingerprint density at radius 1 is 1.73 bits per heavy atom. The van der Waals surface area contributed by atoms with Crippen LogP contribution in [0.5, 0.6) is 0 Å². The zero-order valence-electron chi connectivity index (χ0n) is 5.59. The van der Waals surface area contributed by atoms with Crippen LogP contribution in [0.15, 0.2) is 4.79 Å². The van der Waals surface area contributed by atoms with Crippen molar-refractivity contribution in [3.05, 3.63) is 21.9 Å². The van der Waals surface area contributed by atoms with Crippen LogP contribution >= 0.6 is 0 Å². The summed E-state index contributed by atoms with van der Waals surface area (Å²) in [6.45, 7) is 0. The van der Waals surface area contributed by atoms with Gasteiger partial charge in [0.05, 0.1) is 0 Å². The Morgan fingerprint density at radius 3 is 2.45 bits per heavy atom. The van der Waals surface area contributed by atoms with Crippen molar-refractivity contribution < 1.29 is 14.3 Å². The number of aryl methyl sites for hydroxylation is 1. The highest BCUT2D eigenvalue weighted by Crippen LogP contribution is 1.96. The molecular formula is C5H5FN2O3. The van der Waals surface area contributed by atoms with Crippen LogP contribution in [-0.2, 0) is 7.05 Å². The minimum Gasteiger partial charge on any atom is -0.476 e. The molecule has 0 amide bonds. The summed E-state index contributed by atoms with van der Waals surface area (Å²) in [7, 11) is 1.23. The van der Waals surface area contributed by atoms with Crippen LogP contribution in [0.2, 0.25) is 0 Å². The van der Waals surface area contributed by atoms with Gasteiger partial charge in [-0.1, -0.05) is 0 Å². The van der Waals surface area contributed by atoms with Crippen molar-refractivity contribution in [3.8, 4) is 0 Å². The molecule has 0 bridgehead atoms. The van der Waals surface area contributed by atoms with Gasteiger partial charge in [0.15, 0.2) is 5.69 Å². The summed E-state index contributed by atoms with van der Waals surface area (Å²) in [6.07, 6.45) is 0. The molecule has 60 valence electrons. The summed E-state index contributed by atoms with van der Waals surface area (Å²) in [4.78, 5) is 20.8. The van der Waals surface area contributed by atoms with Crippen molar-refractivity contribution in [2.24, 2.45) is 7.05 Å². The van der Waals surface area contributed by atoms with Crippen molar-refractivity contribution in [3.63, 3.8) is 0 Å². The highest BCUT2D eigenvalue weighted by molar-refractivity contribution is 5.85. The molecule has 1 aromatic heterocycles. The molecule has 6 heteroatoms. The number of aromatic amines is 1. The highest BCUT2D eigenvalue weighted by Gasteiger charge is 2.17. The quantitative estimate of drug-likeness (QED) is 0.584. The van der Waals surface area contributed by atoms with Crippen LogP contribution in [0, 0.1) is 5.82 Å². The molecule has 2 N–H and O–H groups in total. The van der Waals surface area contributed by atoms with Crippen molar-refractivity contribution in [1.29, 1.82) is 0 Å². The van der Waals surface area contributed by atoms with Crippen molar-refractivity contribution >= 4 is 5.97 Å². The van der Waals surface area contributed by atoms with Gasteiger partial charge in [-0.05, 0) is 0 Å². The molecule has 0 aliphatic rings. The molecule has 1 heterocycles. The van der Waals surface area contributed by atoms with E-state index < -0.39 is 23.0 Å². The topological polar surface area (TPSA) is 75.1 Å². The largest absolute Gasteiger partial charge is 0.476 e. The fourth-order valence-corrected chi connectivity index (χ4v) is 0.663. The number of aromatic carboxylic acids is 1. The van der Waals surface area contributed by atoms with Gasteiger partial charge in [-0.2, -0.15) is 4.39 Å². The molecule has 0 aliphatic carbocycles. The standard InChI is InChI=1S/C5H5FN2O3/c1-8-4(9)2(6)3(7-8)5(10)11/h7H,1H3,(H,10,11). The van der Waals surface area contributed by atoms with E-state index in [2.05, 4.69) is 0 Å². The lowest BCUT2D eigenvalue weighted by Gasteiger charge is -1.85. The number of nitrogens with one attached hydrogen (secondary N) is 1. The number of carbonyl (C=O) groups is 1. The summed E-state index contributed by atoms with van der Waals surface area (Å²) in [5.41, 5.74) is -1.68. The average molecular weight is 160 g/mol. The minimum atomic E-state index is -1.49. The molecular weight excluding hydrogens is 155 g/mol. The second kappa shape index (κ2) is 2.22. The lowest BCUT2D eigenvalue weighted by atomic mass is 10.4. The molecule has 0 saturated carbocycles. The number of hydrogen-bond donors (Lipinski definition) is 2. The molecule has 0 atom stereocenters. The zero-order chi connectivity index (χ0) is 8.59. The average Bonchev–Trinajstić information content (AvgIpc) is 2.17. The third-order valence-corrected chi connectivity index (χ3v) is 1.21. The maximum absolute atomic E-state index is 12.5. The Hall–Kier alpha value is -1.59. The summed E-state index contributed by atoms with van der Waals surface area (Å²) >= 11 is 0. The van der Waals surface area contributed by atoms with E-state index in [1.165, 1.54) is 7.05 Å². The van der Waals surface area contributed by atoms with Gasteiger partial charge in [-0.3, -0.25) is 14.6 Å². The van der Waals surface area contributed by atoms with Gasteiger partial charge >= 0.3 is 11.5 Å². The number of H-pyrrole nitrogens is 1. The Labute approximate surface area is 60.1 Å². The molecule has 1 rings (SSSR count). The number of nitrogens with zero attached hydrogens (tertiary/aromatic N) is 1. The smallest absolute Gasteiger partial charge is 0.357 e. The fraction of sp³-hybridized carbons (Fsp3) is 0.200. The normalized spacial score (nSPS) is 10.0. The SMILES string of the molecule is Cn1[nH]c(C(=O)O)c(F)c1=O. The maximum atomic E-state index is 12.5. The first-order valence-electron chi connectivity index (χ1n) is 2.72. The maximum Gasteiger partial charge on any atom is 0.357 e. The lowest BCUT2D eigenvalue weighted by molar-refractivity contribution is 0.0684. The van der Waals surface area contributed by atoms with Crippen LogP contribution < -0.4 is 5.56 Å². The van der Waals surface area contributed by atoms with Gasteiger partial charge in [0.25, 0.3) is 0 Å². The van der Waals surface area contributed by atoms with Crippen LogP contribution in [0.3, 0.4) is 0 Å². The van der Waals surface area contributed by atoms with Crippen LogP contribution in [0.4, 0.5) is 4.39 Å². The molecule has 0 unspecified atom stereocenters. The first kappa shape index (κ1) is 7.52. The van der Waals surface area contributed by atoms with Crippen molar-refractivity contribution in [2.75, 3.05) is 0 Å². The number of carboxylic acids is 1. The van der Waals surface area contributed by atoms with Crippen LogP contribution in [0.25, 0.3) is 0 Å².